The van der Waals surface area contributed by atoms with Gasteiger partial charge in [0.25, 0.3) is 0 Å². The lowest BCUT2D eigenvalue weighted by Crippen LogP contribution is -2.07. The van der Waals surface area contributed by atoms with Crippen molar-refractivity contribution in [2.45, 2.75) is 12.5 Å². The van der Waals surface area contributed by atoms with Crippen LogP contribution in [0.4, 0.5) is 0 Å². The summed E-state index contributed by atoms with van der Waals surface area (Å²) < 4.78 is 6.18. The Bertz CT molecular complexity index is 725. The van der Waals surface area contributed by atoms with E-state index in [1.54, 1.807) is 30.3 Å². The first-order valence-corrected chi connectivity index (χ1v) is 7.51. The van der Waals surface area contributed by atoms with Gasteiger partial charge in [-0.05, 0) is 24.3 Å². The molecule has 0 radical (unpaired) electrons. The Balaban J connectivity index is 1.82. The van der Waals surface area contributed by atoms with Crippen LogP contribution in [0, 0.1) is 0 Å². The molecule has 0 amide bonds. The summed E-state index contributed by atoms with van der Waals surface area (Å²) in [5, 5.41) is 0.477. The first kappa shape index (κ1) is 14.3. The van der Waals surface area contributed by atoms with Crippen molar-refractivity contribution in [3.8, 4) is 0 Å². The number of halogens is 2. The highest BCUT2D eigenvalue weighted by Crippen LogP contribution is 2.35. The molecule has 2 aromatic carbocycles. The lowest BCUT2D eigenvalue weighted by atomic mass is 9.98. The van der Waals surface area contributed by atoms with E-state index in [9.17, 15) is 9.59 Å². The largest absolute Gasteiger partial charge is 0.453 e. The van der Waals surface area contributed by atoms with Crippen molar-refractivity contribution in [1.29, 1.82) is 0 Å². The van der Waals surface area contributed by atoms with Crippen LogP contribution in [0.2, 0.25) is 5.02 Å². The summed E-state index contributed by atoms with van der Waals surface area (Å²) >= 11 is 9.20. The second-order valence-electron chi connectivity index (χ2n) is 4.76. The Morgan fingerprint density at radius 3 is 2.62 bits per heavy atom. The molecule has 2 aromatic rings. The summed E-state index contributed by atoms with van der Waals surface area (Å²) in [6, 6.07) is 12.1. The van der Waals surface area contributed by atoms with Gasteiger partial charge in [-0.3, -0.25) is 4.79 Å². The third kappa shape index (κ3) is 2.87. The zero-order valence-corrected chi connectivity index (χ0v) is 13.1. The van der Waals surface area contributed by atoms with E-state index in [2.05, 4.69) is 15.9 Å². The minimum atomic E-state index is -0.541. The van der Waals surface area contributed by atoms with Gasteiger partial charge in [0, 0.05) is 20.6 Å². The fourth-order valence-electron chi connectivity index (χ4n) is 2.32. The van der Waals surface area contributed by atoms with Gasteiger partial charge in [0.1, 0.15) is 6.10 Å². The number of esters is 1. The SMILES string of the molecule is O=C(C[C@H]1OC(=O)c2cc(Cl)ccc21)c1ccc(Br)cc1. The highest BCUT2D eigenvalue weighted by Gasteiger charge is 2.32. The first-order valence-electron chi connectivity index (χ1n) is 6.34. The Labute approximate surface area is 135 Å². The molecule has 0 aliphatic carbocycles. The van der Waals surface area contributed by atoms with Crippen molar-refractivity contribution < 1.29 is 14.3 Å². The number of benzene rings is 2. The second kappa shape index (κ2) is 5.62. The molecule has 0 bridgehead atoms. The van der Waals surface area contributed by atoms with Gasteiger partial charge in [-0.1, -0.05) is 45.7 Å². The summed E-state index contributed by atoms with van der Waals surface area (Å²) in [7, 11) is 0. The smallest absolute Gasteiger partial charge is 0.339 e. The molecule has 0 N–H and O–H groups in total. The van der Waals surface area contributed by atoms with E-state index in [-0.39, 0.29) is 12.2 Å². The van der Waals surface area contributed by atoms with Crippen LogP contribution >= 0.6 is 27.5 Å². The van der Waals surface area contributed by atoms with Crippen LogP contribution in [0.3, 0.4) is 0 Å². The molecular weight excluding hydrogens is 356 g/mol. The predicted octanol–water partition coefficient (Wildman–Crippen LogP) is 4.59. The molecule has 5 heteroatoms. The third-order valence-electron chi connectivity index (χ3n) is 3.37. The molecule has 1 atom stereocenters. The number of carbonyl (C=O) groups is 2. The number of ketones is 1. The number of carbonyl (C=O) groups excluding carboxylic acids is 2. The molecule has 106 valence electrons. The van der Waals surface area contributed by atoms with Gasteiger partial charge in [-0.15, -0.1) is 0 Å². The van der Waals surface area contributed by atoms with E-state index >= 15 is 0 Å². The minimum Gasteiger partial charge on any atom is -0.453 e. The molecule has 0 fully saturated rings. The molecule has 21 heavy (non-hydrogen) atoms. The number of hydrogen-bond acceptors (Lipinski definition) is 3. The summed E-state index contributed by atoms with van der Waals surface area (Å²) in [5.41, 5.74) is 1.75. The molecule has 3 nitrogen and oxygen atoms in total. The van der Waals surface area contributed by atoms with E-state index in [0.717, 1.165) is 10.0 Å². The highest BCUT2D eigenvalue weighted by molar-refractivity contribution is 9.10. The van der Waals surface area contributed by atoms with Crippen molar-refractivity contribution in [3.05, 3.63) is 68.7 Å². The Morgan fingerprint density at radius 1 is 1.19 bits per heavy atom. The average Bonchev–Trinajstić information content (AvgIpc) is 2.75. The minimum absolute atomic E-state index is 0.0666. The summed E-state index contributed by atoms with van der Waals surface area (Å²) in [5.74, 6) is -0.496. The van der Waals surface area contributed by atoms with Crippen molar-refractivity contribution in [2.24, 2.45) is 0 Å². The fraction of sp³-hybridized carbons (Fsp3) is 0.125. The van der Waals surface area contributed by atoms with Crippen LogP contribution in [-0.4, -0.2) is 11.8 Å². The van der Waals surface area contributed by atoms with E-state index in [0.29, 0.717) is 16.1 Å². The van der Waals surface area contributed by atoms with Crippen molar-refractivity contribution in [2.75, 3.05) is 0 Å². The summed E-state index contributed by atoms with van der Waals surface area (Å²) in [4.78, 5) is 24.1. The molecule has 0 saturated heterocycles. The third-order valence-corrected chi connectivity index (χ3v) is 4.13. The number of ether oxygens (including phenoxy) is 1. The molecule has 0 aromatic heterocycles. The van der Waals surface area contributed by atoms with Gasteiger partial charge in [0.05, 0.1) is 12.0 Å². The van der Waals surface area contributed by atoms with Crippen LogP contribution in [0.1, 0.15) is 38.8 Å². The Hall–Kier alpha value is -1.65. The van der Waals surface area contributed by atoms with Gasteiger partial charge < -0.3 is 4.74 Å². The van der Waals surface area contributed by atoms with Crippen LogP contribution in [0.25, 0.3) is 0 Å². The molecule has 0 saturated carbocycles. The maximum absolute atomic E-state index is 12.3. The van der Waals surface area contributed by atoms with Crippen LogP contribution < -0.4 is 0 Å². The average molecular weight is 366 g/mol. The molecule has 0 spiro atoms. The van der Waals surface area contributed by atoms with Gasteiger partial charge in [0.15, 0.2) is 5.78 Å². The number of rotatable bonds is 3. The maximum Gasteiger partial charge on any atom is 0.339 e. The van der Waals surface area contributed by atoms with Gasteiger partial charge in [-0.25, -0.2) is 4.79 Å². The Kier molecular flexibility index (Phi) is 3.83. The molecular formula is C16H10BrClO3. The van der Waals surface area contributed by atoms with Gasteiger partial charge in [-0.2, -0.15) is 0 Å². The van der Waals surface area contributed by atoms with Gasteiger partial charge >= 0.3 is 5.97 Å². The molecule has 1 aliphatic rings. The standard InChI is InChI=1S/C16H10BrClO3/c17-10-3-1-9(2-4-10)14(19)8-15-12-6-5-11(18)7-13(12)16(20)21-15/h1-7,15H,8H2/t15-/m1/s1. The molecule has 1 heterocycles. The quantitative estimate of drug-likeness (QED) is 0.590. The van der Waals surface area contributed by atoms with Crippen molar-refractivity contribution in [1.82, 2.24) is 0 Å². The van der Waals surface area contributed by atoms with E-state index in [1.165, 1.54) is 0 Å². The molecule has 0 unspecified atom stereocenters. The number of hydrogen-bond donors (Lipinski definition) is 0. The lowest BCUT2D eigenvalue weighted by molar-refractivity contribution is 0.0367. The highest BCUT2D eigenvalue weighted by atomic mass is 79.9. The molecule has 3 rings (SSSR count). The van der Waals surface area contributed by atoms with Crippen LogP contribution in [-0.2, 0) is 4.74 Å². The Morgan fingerprint density at radius 2 is 1.90 bits per heavy atom. The lowest BCUT2D eigenvalue weighted by Gasteiger charge is -2.10. The topological polar surface area (TPSA) is 43.4 Å². The zero-order chi connectivity index (χ0) is 15.0. The molecule has 1 aliphatic heterocycles. The van der Waals surface area contributed by atoms with Crippen molar-refractivity contribution in [3.63, 3.8) is 0 Å². The van der Waals surface area contributed by atoms with Crippen LogP contribution in [0.15, 0.2) is 46.9 Å². The number of cyclic esters (lactones) is 1. The van der Waals surface area contributed by atoms with E-state index < -0.39 is 12.1 Å². The monoisotopic (exact) mass is 364 g/mol. The van der Waals surface area contributed by atoms with Crippen molar-refractivity contribution >= 4 is 39.3 Å². The van der Waals surface area contributed by atoms with E-state index in [1.807, 2.05) is 12.1 Å². The summed E-state index contributed by atoms with van der Waals surface area (Å²) in [6.45, 7) is 0. The van der Waals surface area contributed by atoms with E-state index in [4.69, 9.17) is 16.3 Å². The second-order valence-corrected chi connectivity index (χ2v) is 6.11. The predicted molar refractivity (Wildman–Crippen MR) is 82.7 cm³/mol. The zero-order valence-electron chi connectivity index (χ0n) is 10.8. The summed E-state index contributed by atoms with van der Waals surface area (Å²) in [6.07, 6.45) is -0.414. The fourth-order valence-corrected chi connectivity index (χ4v) is 2.75. The number of Topliss-reactive ketones (excluding diaryl/α,β-unsaturated/α-hetero) is 1. The first-order chi connectivity index (χ1) is 10.0. The normalized spacial score (nSPS) is 16.5. The number of fused-ring (bicyclic) bond motifs is 1. The maximum atomic E-state index is 12.3. The van der Waals surface area contributed by atoms with Gasteiger partial charge in [0.2, 0.25) is 0 Å². The van der Waals surface area contributed by atoms with Crippen LogP contribution in [0.5, 0.6) is 0 Å².